The van der Waals surface area contributed by atoms with Gasteiger partial charge in [-0.25, -0.2) is 4.39 Å². The standard InChI is InChI=1S/C24H23FN2O3/c25-18-3-1-2-15(13-18)14-6-8-19(9-7-14)26-20(28)10-11-27-23(29)21-16-4-5-17(12-16)22(21)24(27)30/h1-3,6-9,13,16-17,21-22H,4-5,10-12H2,(H,26,28)/t16-,17-,21-,22-/m0/s1. The van der Waals surface area contributed by atoms with Crippen LogP contribution >= 0.6 is 0 Å². The molecule has 0 spiro atoms. The lowest BCUT2D eigenvalue weighted by molar-refractivity contribution is -0.140. The number of hydrogen-bond donors (Lipinski definition) is 1. The molecule has 3 aliphatic rings. The van der Waals surface area contributed by atoms with Crippen LogP contribution < -0.4 is 5.32 Å². The molecule has 154 valence electrons. The number of carbonyl (C=O) groups excluding carboxylic acids is 3. The third-order valence-corrected chi connectivity index (χ3v) is 6.91. The summed E-state index contributed by atoms with van der Waals surface area (Å²) in [5, 5.41) is 2.80. The molecule has 2 saturated carbocycles. The number of benzene rings is 2. The fraction of sp³-hybridized carbons (Fsp3) is 0.375. The number of nitrogens with one attached hydrogen (secondary N) is 1. The molecule has 1 N–H and O–H groups in total. The van der Waals surface area contributed by atoms with E-state index < -0.39 is 0 Å². The third kappa shape index (κ3) is 3.20. The smallest absolute Gasteiger partial charge is 0.233 e. The second-order valence-electron chi connectivity index (χ2n) is 8.60. The van der Waals surface area contributed by atoms with E-state index in [1.807, 2.05) is 18.2 Å². The molecule has 6 heteroatoms. The van der Waals surface area contributed by atoms with Crippen molar-refractivity contribution in [1.29, 1.82) is 0 Å². The molecule has 2 aliphatic carbocycles. The molecule has 1 saturated heterocycles. The van der Waals surface area contributed by atoms with Crippen molar-refractivity contribution in [2.75, 3.05) is 11.9 Å². The van der Waals surface area contributed by atoms with Crippen molar-refractivity contribution in [3.63, 3.8) is 0 Å². The van der Waals surface area contributed by atoms with Crippen LogP contribution in [0.4, 0.5) is 10.1 Å². The second-order valence-corrected chi connectivity index (χ2v) is 8.60. The number of hydrogen-bond acceptors (Lipinski definition) is 3. The molecule has 5 nitrogen and oxygen atoms in total. The highest BCUT2D eigenvalue weighted by Gasteiger charge is 2.60. The summed E-state index contributed by atoms with van der Waals surface area (Å²) in [6, 6.07) is 13.5. The van der Waals surface area contributed by atoms with E-state index in [0.29, 0.717) is 17.5 Å². The van der Waals surface area contributed by atoms with Crippen LogP contribution in [0.15, 0.2) is 48.5 Å². The molecule has 5 rings (SSSR count). The predicted molar refractivity (Wildman–Crippen MR) is 110 cm³/mol. The van der Waals surface area contributed by atoms with Crippen molar-refractivity contribution in [3.8, 4) is 11.1 Å². The largest absolute Gasteiger partial charge is 0.326 e. The quantitative estimate of drug-likeness (QED) is 0.767. The Morgan fingerprint density at radius 3 is 2.27 bits per heavy atom. The summed E-state index contributed by atoms with van der Waals surface area (Å²) >= 11 is 0. The van der Waals surface area contributed by atoms with Gasteiger partial charge in [-0.2, -0.15) is 0 Å². The maximum Gasteiger partial charge on any atom is 0.233 e. The Morgan fingerprint density at radius 2 is 1.63 bits per heavy atom. The van der Waals surface area contributed by atoms with Gasteiger partial charge in [0.25, 0.3) is 0 Å². The minimum Gasteiger partial charge on any atom is -0.326 e. The molecule has 1 aliphatic heterocycles. The molecule has 0 aromatic heterocycles. The molecular weight excluding hydrogens is 383 g/mol. The van der Waals surface area contributed by atoms with Crippen LogP contribution in [-0.4, -0.2) is 29.2 Å². The van der Waals surface area contributed by atoms with E-state index in [1.54, 1.807) is 18.2 Å². The molecule has 0 radical (unpaired) electrons. The zero-order valence-corrected chi connectivity index (χ0v) is 16.5. The lowest BCUT2D eigenvalue weighted by Gasteiger charge is -2.19. The number of fused-ring (bicyclic) bond motifs is 5. The molecule has 4 atom stereocenters. The lowest BCUT2D eigenvalue weighted by Crippen LogP contribution is -2.35. The van der Waals surface area contributed by atoms with Crippen LogP contribution in [0.25, 0.3) is 11.1 Å². The number of amides is 3. The van der Waals surface area contributed by atoms with Crippen LogP contribution in [0.1, 0.15) is 25.7 Å². The van der Waals surface area contributed by atoms with Crippen LogP contribution in [0.2, 0.25) is 0 Å². The topological polar surface area (TPSA) is 66.5 Å². The fourth-order valence-electron chi connectivity index (χ4n) is 5.54. The molecule has 3 amide bonds. The molecule has 0 unspecified atom stereocenters. The zero-order valence-electron chi connectivity index (χ0n) is 16.5. The first kappa shape index (κ1) is 19.0. The van der Waals surface area contributed by atoms with Crippen molar-refractivity contribution >= 4 is 23.4 Å². The number of anilines is 1. The Morgan fingerprint density at radius 1 is 0.967 bits per heavy atom. The summed E-state index contributed by atoms with van der Waals surface area (Å²) in [6.07, 6.45) is 3.18. The van der Waals surface area contributed by atoms with Crippen molar-refractivity contribution in [2.45, 2.75) is 25.7 Å². The fourth-order valence-corrected chi connectivity index (χ4v) is 5.54. The van der Waals surface area contributed by atoms with Crippen molar-refractivity contribution in [1.82, 2.24) is 4.90 Å². The number of nitrogens with zero attached hydrogens (tertiary/aromatic N) is 1. The Hall–Kier alpha value is -3.02. The number of halogens is 1. The Balaban J connectivity index is 1.18. The molecule has 2 aromatic rings. The molecule has 1 heterocycles. The van der Waals surface area contributed by atoms with E-state index in [1.165, 1.54) is 17.0 Å². The minimum absolute atomic E-state index is 0.0792. The van der Waals surface area contributed by atoms with Gasteiger partial charge in [-0.3, -0.25) is 19.3 Å². The summed E-state index contributed by atoms with van der Waals surface area (Å²) in [6.45, 7) is 0.136. The van der Waals surface area contributed by atoms with Crippen molar-refractivity contribution < 1.29 is 18.8 Å². The summed E-state index contributed by atoms with van der Waals surface area (Å²) in [5.74, 6) is -0.279. The number of rotatable bonds is 5. The van der Waals surface area contributed by atoms with Gasteiger partial charge in [0.2, 0.25) is 17.7 Å². The van der Waals surface area contributed by atoms with Crippen molar-refractivity contribution in [2.24, 2.45) is 23.7 Å². The van der Waals surface area contributed by atoms with Crippen LogP contribution in [-0.2, 0) is 14.4 Å². The summed E-state index contributed by atoms with van der Waals surface area (Å²) in [7, 11) is 0. The number of carbonyl (C=O) groups is 3. The number of imide groups is 1. The molecule has 2 bridgehead atoms. The maximum absolute atomic E-state index is 13.4. The van der Waals surface area contributed by atoms with Crippen LogP contribution in [0.3, 0.4) is 0 Å². The molecule has 2 aromatic carbocycles. The zero-order chi connectivity index (χ0) is 20.8. The van der Waals surface area contributed by atoms with E-state index in [9.17, 15) is 18.8 Å². The van der Waals surface area contributed by atoms with Gasteiger partial charge in [0, 0.05) is 18.7 Å². The Labute approximate surface area is 174 Å². The summed E-state index contributed by atoms with van der Waals surface area (Å²) in [4.78, 5) is 39.1. The average Bonchev–Trinajstić information content (AvgIpc) is 3.41. The van der Waals surface area contributed by atoms with E-state index in [-0.39, 0.29) is 48.3 Å². The van der Waals surface area contributed by atoms with Gasteiger partial charge in [0.05, 0.1) is 11.8 Å². The molecule has 30 heavy (non-hydrogen) atoms. The van der Waals surface area contributed by atoms with E-state index in [0.717, 1.165) is 30.4 Å². The molecule has 3 fully saturated rings. The Bertz CT molecular complexity index is 991. The normalized spacial score (nSPS) is 26.9. The lowest BCUT2D eigenvalue weighted by atomic mass is 9.81. The van der Waals surface area contributed by atoms with Crippen LogP contribution in [0, 0.1) is 29.5 Å². The van der Waals surface area contributed by atoms with Gasteiger partial charge in [0.1, 0.15) is 5.82 Å². The van der Waals surface area contributed by atoms with E-state index in [4.69, 9.17) is 0 Å². The summed E-state index contributed by atoms with van der Waals surface area (Å²) in [5.41, 5.74) is 2.23. The highest BCUT2D eigenvalue weighted by molar-refractivity contribution is 6.06. The van der Waals surface area contributed by atoms with Gasteiger partial charge in [-0.15, -0.1) is 0 Å². The number of likely N-dealkylation sites (tertiary alicyclic amines) is 1. The first-order chi connectivity index (χ1) is 14.5. The Kier molecular flexibility index (Phi) is 4.65. The minimum atomic E-state index is -0.298. The predicted octanol–water partition coefficient (Wildman–Crippen LogP) is 3.85. The van der Waals surface area contributed by atoms with Crippen LogP contribution in [0.5, 0.6) is 0 Å². The van der Waals surface area contributed by atoms with Gasteiger partial charge < -0.3 is 5.32 Å². The van der Waals surface area contributed by atoms with Gasteiger partial charge >= 0.3 is 0 Å². The maximum atomic E-state index is 13.4. The third-order valence-electron chi connectivity index (χ3n) is 6.91. The van der Waals surface area contributed by atoms with E-state index in [2.05, 4.69) is 5.32 Å². The van der Waals surface area contributed by atoms with Gasteiger partial charge in [-0.05, 0) is 66.5 Å². The van der Waals surface area contributed by atoms with Crippen molar-refractivity contribution in [3.05, 3.63) is 54.3 Å². The van der Waals surface area contributed by atoms with Gasteiger partial charge in [-0.1, -0.05) is 24.3 Å². The highest BCUT2D eigenvalue weighted by Crippen LogP contribution is 2.56. The van der Waals surface area contributed by atoms with E-state index >= 15 is 0 Å². The summed E-state index contributed by atoms with van der Waals surface area (Å²) < 4.78 is 13.4. The monoisotopic (exact) mass is 406 g/mol. The second kappa shape index (κ2) is 7.35. The average molecular weight is 406 g/mol. The first-order valence-corrected chi connectivity index (χ1v) is 10.5. The van der Waals surface area contributed by atoms with Gasteiger partial charge in [0.15, 0.2) is 0 Å². The molecular formula is C24H23FN2O3. The SMILES string of the molecule is O=C(CCN1C(=O)[C@H]2[C@H]3CC[C@@H](C3)[C@@H]2C1=O)Nc1ccc(-c2cccc(F)c2)cc1. The highest BCUT2D eigenvalue weighted by atomic mass is 19.1. The first-order valence-electron chi connectivity index (χ1n) is 10.5.